The third kappa shape index (κ3) is 2.46. The Balaban J connectivity index is 1.79. The molecule has 2 aliphatic heterocycles. The Morgan fingerprint density at radius 2 is 1.96 bits per heavy atom. The molecule has 0 aliphatic carbocycles. The van der Waals surface area contributed by atoms with Gasteiger partial charge < -0.3 is 10.2 Å². The molecule has 1 aromatic carbocycles. The fourth-order valence-corrected chi connectivity index (χ4v) is 4.77. The minimum Gasteiger partial charge on any atom is -0.334 e. The second-order valence-electron chi connectivity index (χ2n) is 7.44. The van der Waals surface area contributed by atoms with E-state index < -0.39 is 5.41 Å². The van der Waals surface area contributed by atoms with Crippen LogP contribution in [0.5, 0.6) is 0 Å². The molecule has 27 heavy (non-hydrogen) atoms. The molecule has 1 spiro atoms. The zero-order chi connectivity index (χ0) is 19.2. The van der Waals surface area contributed by atoms with Crippen LogP contribution in [-0.4, -0.2) is 39.3 Å². The van der Waals surface area contributed by atoms with Gasteiger partial charge in [0.1, 0.15) is 6.33 Å². The van der Waals surface area contributed by atoms with E-state index in [2.05, 4.69) is 22.2 Å². The van der Waals surface area contributed by atoms with Gasteiger partial charge in [0.15, 0.2) is 0 Å². The van der Waals surface area contributed by atoms with Crippen LogP contribution in [0.15, 0.2) is 30.6 Å². The summed E-state index contributed by atoms with van der Waals surface area (Å²) >= 11 is 0. The maximum Gasteiger partial charge on any atom is 0.257 e. The molecule has 2 aromatic rings. The number of para-hydroxylation sites is 1. The van der Waals surface area contributed by atoms with E-state index in [0.717, 1.165) is 24.1 Å². The highest BCUT2D eigenvalue weighted by Crippen LogP contribution is 2.49. The lowest BCUT2D eigenvalue weighted by Crippen LogP contribution is -2.49. The fraction of sp³-hybridized carbons (Fsp3) is 0.429. The maximum atomic E-state index is 13.4. The molecule has 1 aromatic heterocycles. The lowest BCUT2D eigenvalue weighted by atomic mass is 9.73. The normalized spacial score (nSPS) is 23.6. The van der Waals surface area contributed by atoms with Crippen LogP contribution in [-0.2, 0) is 10.2 Å². The van der Waals surface area contributed by atoms with Gasteiger partial charge in [-0.15, -0.1) is 0 Å². The van der Waals surface area contributed by atoms with Crippen LogP contribution < -0.4 is 5.32 Å². The number of aryl methyl sites for hydroxylation is 2. The fourth-order valence-electron chi connectivity index (χ4n) is 4.77. The molecule has 0 unspecified atom stereocenters. The predicted molar refractivity (Wildman–Crippen MR) is 103 cm³/mol. The molecule has 4 rings (SSSR count). The molecule has 0 bridgehead atoms. The highest BCUT2D eigenvalue weighted by atomic mass is 16.2. The summed E-state index contributed by atoms with van der Waals surface area (Å²) in [4.78, 5) is 36.8. The van der Waals surface area contributed by atoms with E-state index in [-0.39, 0.29) is 17.9 Å². The highest BCUT2D eigenvalue weighted by molar-refractivity contribution is 6.08. The molecule has 140 valence electrons. The smallest absolute Gasteiger partial charge is 0.257 e. The van der Waals surface area contributed by atoms with E-state index in [1.165, 1.54) is 6.33 Å². The van der Waals surface area contributed by atoms with Gasteiger partial charge in [-0.25, -0.2) is 9.97 Å². The van der Waals surface area contributed by atoms with Crippen molar-refractivity contribution in [2.75, 3.05) is 11.9 Å². The van der Waals surface area contributed by atoms with Crippen LogP contribution >= 0.6 is 0 Å². The first-order valence-corrected chi connectivity index (χ1v) is 9.50. The molecule has 1 fully saturated rings. The van der Waals surface area contributed by atoms with Crippen LogP contribution in [0.4, 0.5) is 5.69 Å². The molecule has 2 aliphatic rings. The first-order chi connectivity index (χ1) is 13.0. The van der Waals surface area contributed by atoms with E-state index in [1.54, 1.807) is 0 Å². The minimum absolute atomic E-state index is 0.00945. The summed E-state index contributed by atoms with van der Waals surface area (Å²) in [5.74, 6) is -0.0617. The molecule has 6 heteroatoms. The maximum absolute atomic E-state index is 13.4. The number of hydrogen-bond acceptors (Lipinski definition) is 4. The molecule has 1 saturated heterocycles. The van der Waals surface area contributed by atoms with Gasteiger partial charge in [0, 0.05) is 12.2 Å². The number of benzene rings is 1. The number of nitrogens with zero attached hydrogens (tertiary/aromatic N) is 3. The molecule has 6 nitrogen and oxygen atoms in total. The number of carbonyl (C=O) groups is 2. The van der Waals surface area contributed by atoms with Crippen molar-refractivity contribution < 1.29 is 9.59 Å². The number of amides is 2. The van der Waals surface area contributed by atoms with Crippen molar-refractivity contribution in [3.8, 4) is 0 Å². The lowest BCUT2D eigenvalue weighted by molar-refractivity contribution is -0.121. The molecule has 2 amide bonds. The Morgan fingerprint density at radius 1 is 1.26 bits per heavy atom. The largest absolute Gasteiger partial charge is 0.334 e. The zero-order valence-corrected chi connectivity index (χ0v) is 16.0. The van der Waals surface area contributed by atoms with E-state index >= 15 is 0 Å². The Morgan fingerprint density at radius 3 is 2.67 bits per heavy atom. The van der Waals surface area contributed by atoms with Crippen molar-refractivity contribution in [2.45, 2.75) is 51.5 Å². The van der Waals surface area contributed by atoms with Crippen molar-refractivity contribution in [1.82, 2.24) is 14.9 Å². The lowest BCUT2D eigenvalue weighted by Gasteiger charge is -2.34. The molecule has 0 saturated carbocycles. The van der Waals surface area contributed by atoms with Gasteiger partial charge in [0.05, 0.1) is 28.4 Å². The van der Waals surface area contributed by atoms with E-state index in [1.807, 2.05) is 43.0 Å². The Kier molecular flexibility index (Phi) is 4.21. The summed E-state index contributed by atoms with van der Waals surface area (Å²) in [7, 11) is 0. The average molecular weight is 364 g/mol. The third-order valence-electron chi connectivity index (χ3n) is 6.02. The first-order valence-electron chi connectivity index (χ1n) is 9.50. The van der Waals surface area contributed by atoms with Crippen molar-refractivity contribution in [3.05, 3.63) is 53.1 Å². The molecule has 3 heterocycles. The molecule has 1 N–H and O–H groups in total. The number of anilines is 1. The van der Waals surface area contributed by atoms with E-state index in [0.29, 0.717) is 29.9 Å². The molecule has 0 radical (unpaired) electrons. The van der Waals surface area contributed by atoms with Crippen LogP contribution in [0.25, 0.3) is 0 Å². The highest BCUT2D eigenvalue weighted by Gasteiger charge is 2.58. The van der Waals surface area contributed by atoms with Crippen molar-refractivity contribution in [1.29, 1.82) is 0 Å². The Hall–Kier alpha value is -2.76. The second kappa shape index (κ2) is 6.44. The number of likely N-dealkylation sites (tertiary alicyclic amines) is 1. The number of aromatic nitrogens is 2. The van der Waals surface area contributed by atoms with Crippen molar-refractivity contribution >= 4 is 17.5 Å². The monoisotopic (exact) mass is 364 g/mol. The molecule has 2 atom stereocenters. The minimum atomic E-state index is -0.667. The quantitative estimate of drug-likeness (QED) is 0.908. The summed E-state index contributed by atoms with van der Waals surface area (Å²) in [5, 5.41) is 3.04. The summed E-state index contributed by atoms with van der Waals surface area (Å²) in [6.45, 7) is 6.31. The Labute approximate surface area is 159 Å². The van der Waals surface area contributed by atoms with Crippen LogP contribution in [0.3, 0.4) is 0 Å². The first kappa shape index (κ1) is 17.6. The molecular formula is C21H24N4O2. The zero-order valence-electron chi connectivity index (χ0n) is 16.0. The number of carbonyl (C=O) groups excluding carboxylic acids is 2. The van der Waals surface area contributed by atoms with Gasteiger partial charge in [-0.2, -0.15) is 0 Å². The van der Waals surface area contributed by atoms with Gasteiger partial charge in [0.2, 0.25) is 5.91 Å². The number of fused-ring (bicyclic) bond motifs is 2. The second-order valence-corrected chi connectivity index (χ2v) is 7.44. The van der Waals surface area contributed by atoms with E-state index in [9.17, 15) is 9.59 Å². The van der Waals surface area contributed by atoms with Crippen LogP contribution in [0.2, 0.25) is 0 Å². The standard InChI is InChI=1S/C21H24N4O2/c1-4-7-17-21(15-8-5-6-9-16(15)24-20(21)27)10-11-25(17)19(26)18-13(2)22-12-23-14(18)3/h5-6,8-9,12,17H,4,7,10-11H2,1-3H3,(H,24,27)/t17-,21+/m0/s1. The van der Waals surface area contributed by atoms with Gasteiger partial charge in [0.25, 0.3) is 5.91 Å². The molecular weight excluding hydrogens is 340 g/mol. The van der Waals surface area contributed by atoms with Gasteiger partial charge in [-0.3, -0.25) is 9.59 Å². The summed E-state index contributed by atoms with van der Waals surface area (Å²) < 4.78 is 0. The topological polar surface area (TPSA) is 75.2 Å². The number of hydrogen-bond donors (Lipinski definition) is 1. The number of nitrogens with one attached hydrogen (secondary N) is 1. The average Bonchev–Trinajstić information content (AvgIpc) is 3.15. The van der Waals surface area contributed by atoms with Crippen molar-refractivity contribution in [3.63, 3.8) is 0 Å². The SMILES string of the molecule is CCC[C@@H]1N(C(=O)c2c(C)ncnc2C)CC[C@]12C(=O)Nc1ccccc12. The third-order valence-corrected chi connectivity index (χ3v) is 6.02. The van der Waals surface area contributed by atoms with Crippen molar-refractivity contribution in [2.24, 2.45) is 0 Å². The van der Waals surface area contributed by atoms with Gasteiger partial charge >= 0.3 is 0 Å². The number of rotatable bonds is 3. The summed E-state index contributed by atoms with van der Waals surface area (Å²) in [5.41, 5.74) is 3.14. The summed E-state index contributed by atoms with van der Waals surface area (Å²) in [6.07, 6.45) is 3.79. The Bertz CT molecular complexity index is 906. The predicted octanol–water partition coefficient (Wildman–Crippen LogP) is 3.00. The van der Waals surface area contributed by atoms with Gasteiger partial charge in [-0.05, 0) is 38.3 Å². The summed E-state index contributed by atoms with van der Waals surface area (Å²) in [6, 6.07) is 7.69. The van der Waals surface area contributed by atoms with Crippen LogP contribution in [0, 0.1) is 13.8 Å². The van der Waals surface area contributed by atoms with Crippen LogP contribution in [0.1, 0.15) is 53.5 Å². The van der Waals surface area contributed by atoms with Gasteiger partial charge in [-0.1, -0.05) is 31.5 Å². The van der Waals surface area contributed by atoms with E-state index in [4.69, 9.17) is 0 Å².